The standard InChI is InChI=1S/C20H25N3O4/c1-5-25-13-8-9-16(26-6-2)14(10-13)18-15(11-21)19(22)23-12(4)17(18)20(24)27-7-3/h8-10,18,23H,5-7,22H2,1-4H3/t18-/m0/s1. The molecule has 27 heavy (non-hydrogen) atoms. The average molecular weight is 371 g/mol. The van der Waals surface area contributed by atoms with Gasteiger partial charge in [0.15, 0.2) is 0 Å². The highest BCUT2D eigenvalue weighted by Gasteiger charge is 2.36. The average Bonchev–Trinajstić information content (AvgIpc) is 2.63. The summed E-state index contributed by atoms with van der Waals surface area (Å²) in [7, 11) is 0. The quantitative estimate of drug-likeness (QED) is 0.710. The number of benzene rings is 1. The summed E-state index contributed by atoms with van der Waals surface area (Å²) in [4.78, 5) is 12.7. The highest BCUT2D eigenvalue weighted by Crippen LogP contribution is 2.42. The van der Waals surface area contributed by atoms with E-state index in [0.29, 0.717) is 41.5 Å². The van der Waals surface area contributed by atoms with Gasteiger partial charge in [-0.25, -0.2) is 4.79 Å². The topological polar surface area (TPSA) is 107 Å². The maximum atomic E-state index is 12.7. The lowest BCUT2D eigenvalue weighted by Crippen LogP contribution is -2.33. The third-order valence-corrected chi connectivity index (χ3v) is 4.11. The summed E-state index contributed by atoms with van der Waals surface area (Å²) in [6, 6.07) is 7.47. The number of nitrogens with two attached hydrogens (primary N) is 1. The van der Waals surface area contributed by atoms with E-state index in [1.165, 1.54) is 0 Å². The maximum Gasteiger partial charge on any atom is 0.336 e. The summed E-state index contributed by atoms with van der Waals surface area (Å²) in [5.41, 5.74) is 7.79. The van der Waals surface area contributed by atoms with Crippen LogP contribution in [0.3, 0.4) is 0 Å². The third-order valence-electron chi connectivity index (χ3n) is 4.11. The molecule has 0 fully saturated rings. The number of esters is 1. The number of hydrogen-bond donors (Lipinski definition) is 2. The summed E-state index contributed by atoms with van der Waals surface area (Å²) in [6.07, 6.45) is 0. The molecule has 0 amide bonds. The van der Waals surface area contributed by atoms with Crippen molar-refractivity contribution in [1.29, 1.82) is 5.26 Å². The van der Waals surface area contributed by atoms with E-state index in [1.54, 1.807) is 32.0 Å². The minimum Gasteiger partial charge on any atom is -0.494 e. The Balaban J connectivity index is 2.71. The minimum atomic E-state index is -0.711. The van der Waals surface area contributed by atoms with Gasteiger partial charge in [-0.1, -0.05) is 0 Å². The molecular weight excluding hydrogens is 346 g/mol. The van der Waals surface area contributed by atoms with Gasteiger partial charge in [-0.15, -0.1) is 0 Å². The number of nitrogens with one attached hydrogen (secondary N) is 1. The fourth-order valence-corrected chi connectivity index (χ4v) is 3.06. The van der Waals surface area contributed by atoms with Gasteiger partial charge in [0.25, 0.3) is 0 Å². The number of nitrogens with zero attached hydrogens (tertiary/aromatic N) is 1. The molecule has 3 N–H and O–H groups in total. The van der Waals surface area contributed by atoms with Crippen LogP contribution < -0.4 is 20.5 Å². The van der Waals surface area contributed by atoms with E-state index < -0.39 is 11.9 Å². The summed E-state index contributed by atoms with van der Waals surface area (Å²) in [6.45, 7) is 8.36. The lowest BCUT2D eigenvalue weighted by Gasteiger charge is -2.29. The van der Waals surface area contributed by atoms with E-state index in [9.17, 15) is 10.1 Å². The predicted molar refractivity (Wildman–Crippen MR) is 101 cm³/mol. The number of carbonyl (C=O) groups excluding carboxylic acids is 1. The molecule has 0 aromatic heterocycles. The van der Waals surface area contributed by atoms with Gasteiger partial charge in [0.2, 0.25) is 0 Å². The van der Waals surface area contributed by atoms with Crippen LogP contribution in [0.25, 0.3) is 0 Å². The first-order valence-electron chi connectivity index (χ1n) is 8.92. The van der Waals surface area contributed by atoms with E-state index >= 15 is 0 Å². The molecule has 7 nitrogen and oxygen atoms in total. The van der Waals surface area contributed by atoms with Gasteiger partial charge in [0, 0.05) is 11.3 Å². The molecule has 0 aliphatic carbocycles. The van der Waals surface area contributed by atoms with E-state index in [-0.39, 0.29) is 18.0 Å². The van der Waals surface area contributed by atoms with Crippen LogP contribution in [0.5, 0.6) is 11.5 Å². The van der Waals surface area contributed by atoms with Crippen LogP contribution in [0.4, 0.5) is 0 Å². The molecule has 2 rings (SSSR count). The Hall–Kier alpha value is -3.14. The van der Waals surface area contributed by atoms with E-state index in [4.69, 9.17) is 19.9 Å². The lowest BCUT2D eigenvalue weighted by atomic mass is 9.81. The van der Waals surface area contributed by atoms with Crippen molar-refractivity contribution < 1.29 is 19.0 Å². The second-order valence-corrected chi connectivity index (χ2v) is 5.82. The summed E-state index contributed by atoms with van der Waals surface area (Å²) < 4.78 is 16.6. The van der Waals surface area contributed by atoms with Crippen molar-refractivity contribution in [3.05, 3.63) is 46.4 Å². The van der Waals surface area contributed by atoms with E-state index in [2.05, 4.69) is 11.4 Å². The fraction of sp³-hybridized carbons (Fsp3) is 0.400. The first-order valence-corrected chi connectivity index (χ1v) is 8.92. The van der Waals surface area contributed by atoms with Crippen molar-refractivity contribution in [2.45, 2.75) is 33.6 Å². The third kappa shape index (κ3) is 4.17. The highest BCUT2D eigenvalue weighted by atomic mass is 16.5. The van der Waals surface area contributed by atoms with Crippen LogP contribution in [-0.2, 0) is 9.53 Å². The van der Waals surface area contributed by atoms with E-state index in [1.807, 2.05) is 13.8 Å². The van der Waals surface area contributed by atoms with Gasteiger partial charge in [-0.2, -0.15) is 5.26 Å². The number of rotatable bonds is 7. The molecule has 0 saturated heterocycles. The van der Waals surface area contributed by atoms with Gasteiger partial charge < -0.3 is 25.3 Å². The molecule has 1 heterocycles. The zero-order valence-corrected chi connectivity index (χ0v) is 16.1. The maximum absolute atomic E-state index is 12.7. The summed E-state index contributed by atoms with van der Waals surface area (Å²) in [5.74, 6) is 0.167. The molecule has 7 heteroatoms. The van der Waals surface area contributed by atoms with Crippen molar-refractivity contribution in [3.63, 3.8) is 0 Å². The normalized spacial score (nSPS) is 16.5. The lowest BCUT2D eigenvalue weighted by molar-refractivity contribution is -0.138. The van der Waals surface area contributed by atoms with Crippen LogP contribution >= 0.6 is 0 Å². The Morgan fingerprint density at radius 2 is 1.93 bits per heavy atom. The molecule has 0 saturated carbocycles. The largest absolute Gasteiger partial charge is 0.494 e. The zero-order valence-electron chi connectivity index (χ0n) is 16.1. The molecule has 1 aromatic carbocycles. The van der Waals surface area contributed by atoms with Crippen LogP contribution in [-0.4, -0.2) is 25.8 Å². The van der Waals surface area contributed by atoms with Crippen molar-refractivity contribution in [1.82, 2.24) is 5.32 Å². The SMILES string of the molecule is CCOC(=O)C1=C(C)NC(N)=C(C#N)[C@@H]1c1cc(OCC)ccc1OCC. The fourth-order valence-electron chi connectivity index (χ4n) is 3.06. The smallest absolute Gasteiger partial charge is 0.336 e. The number of allylic oxidation sites excluding steroid dienone is 2. The van der Waals surface area contributed by atoms with Gasteiger partial charge in [0.1, 0.15) is 17.3 Å². The van der Waals surface area contributed by atoms with E-state index in [0.717, 1.165) is 0 Å². The second-order valence-electron chi connectivity index (χ2n) is 5.82. The monoisotopic (exact) mass is 371 g/mol. The predicted octanol–water partition coefficient (Wildman–Crippen LogP) is 2.70. The van der Waals surface area contributed by atoms with Crippen LogP contribution in [0, 0.1) is 11.3 Å². The molecule has 0 spiro atoms. The summed E-state index contributed by atoms with van der Waals surface area (Å²) in [5, 5.41) is 12.6. The minimum absolute atomic E-state index is 0.206. The van der Waals surface area contributed by atoms with Gasteiger partial charge >= 0.3 is 5.97 Å². The Labute approximate surface area is 159 Å². The molecule has 1 aliphatic heterocycles. The second kappa shape index (κ2) is 8.99. The molecule has 144 valence electrons. The Kier molecular flexibility index (Phi) is 6.72. The Bertz CT molecular complexity index is 821. The summed E-state index contributed by atoms with van der Waals surface area (Å²) >= 11 is 0. The Morgan fingerprint density at radius 3 is 2.52 bits per heavy atom. The first-order chi connectivity index (χ1) is 13.0. The van der Waals surface area contributed by atoms with Gasteiger partial charge in [-0.05, 0) is 45.9 Å². The number of dihydropyridines is 1. The molecule has 0 bridgehead atoms. The molecule has 1 atom stereocenters. The molecule has 1 aliphatic rings. The molecule has 0 radical (unpaired) electrons. The molecular formula is C20H25N3O4. The van der Waals surface area contributed by atoms with Crippen molar-refractivity contribution >= 4 is 5.97 Å². The molecule has 0 unspecified atom stereocenters. The first kappa shape index (κ1) is 20.2. The Morgan fingerprint density at radius 1 is 1.22 bits per heavy atom. The number of ether oxygens (including phenoxy) is 3. The highest BCUT2D eigenvalue weighted by molar-refractivity contribution is 5.93. The number of carbonyl (C=O) groups is 1. The van der Waals surface area contributed by atoms with Gasteiger partial charge in [-0.3, -0.25) is 0 Å². The zero-order chi connectivity index (χ0) is 20.0. The van der Waals surface area contributed by atoms with Crippen LogP contribution in [0.2, 0.25) is 0 Å². The number of hydrogen-bond acceptors (Lipinski definition) is 7. The van der Waals surface area contributed by atoms with Gasteiger partial charge in [0.05, 0.1) is 43.0 Å². The van der Waals surface area contributed by atoms with Crippen molar-refractivity contribution in [2.75, 3.05) is 19.8 Å². The number of nitriles is 1. The van der Waals surface area contributed by atoms with Crippen molar-refractivity contribution in [2.24, 2.45) is 5.73 Å². The van der Waals surface area contributed by atoms with Crippen LogP contribution in [0.1, 0.15) is 39.2 Å². The van der Waals surface area contributed by atoms with Crippen LogP contribution in [0.15, 0.2) is 40.9 Å². The molecule has 1 aromatic rings. The van der Waals surface area contributed by atoms with Crippen molar-refractivity contribution in [3.8, 4) is 17.6 Å².